The molecule has 142 valence electrons. The summed E-state index contributed by atoms with van der Waals surface area (Å²) in [6.07, 6.45) is 1.50. The van der Waals surface area contributed by atoms with Crippen molar-refractivity contribution in [1.29, 1.82) is 0 Å². The lowest BCUT2D eigenvalue weighted by molar-refractivity contribution is 0.0389. The molecule has 1 fully saturated rings. The molecule has 0 bridgehead atoms. The summed E-state index contributed by atoms with van der Waals surface area (Å²) >= 11 is 11.8. The molecule has 0 atom stereocenters. The second-order valence-corrected chi connectivity index (χ2v) is 6.01. The third kappa shape index (κ3) is 8.59. The molecule has 2 rings (SSSR count). The van der Waals surface area contributed by atoms with Crippen LogP contribution in [0.15, 0.2) is 17.3 Å². The van der Waals surface area contributed by atoms with Crippen molar-refractivity contribution in [1.82, 2.24) is 20.5 Å². The highest BCUT2D eigenvalue weighted by Gasteiger charge is 2.09. The van der Waals surface area contributed by atoms with Gasteiger partial charge in [0.15, 0.2) is 5.96 Å². The maximum atomic E-state index is 6.00. The number of hydrogen-bond acceptors (Lipinski definition) is 5. The van der Waals surface area contributed by atoms with E-state index in [-0.39, 0.29) is 24.0 Å². The Kier molecular flexibility index (Phi) is 11.5. The fourth-order valence-electron chi connectivity index (χ4n) is 2.20. The van der Waals surface area contributed by atoms with Crippen LogP contribution in [0.2, 0.25) is 10.0 Å². The number of hydrogen-bond donors (Lipinski definition) is 2. The van der Waals surface area contributed by atoms with Gasteiger partial charge in [-0.05, 0) is 6.07 Å². The van der Waals surface area contributed by atoms with Crippen LogP contribution in [0.5, 0.6) is 5.88 Å². The van der Waals surface area contributed by atoms with E-state index in [9.17, 15) is 0 Å². The summed E-state index contributed by atoms with van der Waals surface area (Å²) in [6.45, 7) is 6.37. The largest absolute Gasteiger partial charge is 0.475 e. The molecule has 0 amide bonds. The SMILES string of the molecule is CN=C(NCCOc1ncc(Cl)cc1Cl)NCCN1CCOCC1.I. The molecule has 0 spiro atoms. The first-order chi connectivity index (χ1) is 11.7. The van der Waals surface area contributed by atoms with Gasteiger partial charge in [0.05, 0.1) is 24.8 Å². The quantitative estimate of drug-likeness (QED) is 0.256. The van der Waals surface area contributed by atoms with E-state index in [1.165, 1.54) is 6.20 Å². The van der Waals surface area contributed by atoms with Crippen LogP contribution >= 0.6 is 47.2 Å². The molecule has 0 saturated carbocycles. The first-order valence-electron chi connectivity index (χ1n) is 7.87. The Bertz CT molecular complexity index is 545. The molecule has 10 heteroatoms. The maximum absolute atomic E-state index is 6.00. The number of aliphatic imine (C=N–C) groups is 1. The predicted octanol–water partition coefficient (Wildman–Crippen LogP) is 1.88. The second kappa shape index (κ2) is 12.7. The first kappa shape index (κ1) is 22.5. The molecule has 2 heterocycles. The zero-order chi connectivity index (χ0) is 17.2. The molecule has 0 aliphatic carbocycles. The summed E-state index contributed by atoms with van der Waals surface area (Å²) in [7, 11) is 1.74. The highest BCUT2D eigenvalue weighted by atomic mass is 127. The zero-order valence-electron chi connectivity index (χ0n) is 14.1. The Labute approximate surface area is 175 Å². The molecule has 1 aliphatic heterocycles. The summed E-state index contributed by atoms with van der Waals surface area (Å²) in [6, 6.07) is 1.60. The van der Waals surface area contributed by atoms with Crippen molar-refractivity contribution >= 4 is 53.1 Å². The molecule has 0 unspecified atom stereocenters. The predicted molar refractivity (Wildman–Crippen MR) is 112 cm³/mol. The molecule has 25 heavy (non-hydrogen) atoms. The van der Waals surface area contributed by atoms with E-state index >= 15 is 0 Å². The average molecular weight is 504 g/mol. The van der Waals surface area contributed by atoms with Crippen molar-refractivity contribution in [2.24, 2.45) is 4.99 Å². The maximum Gasteiger partial charge on any atom is 0.232 e. The van der Waals surface area contributed by atoms with Gasteiger partial charge in [0.2, 0.25) is 5.88 Å². The third-order valence-corrected chi connectivity index (χ3v) is 3.93. The lowest BCUT2D eigenvalue weighted by Gasteiger charge is -2.26. The minimum atomic E-state index is 0. The van der Waals surface area contributed by atoms with E-state index in [1.54, 1.807) is 13.1 Å². The normalized spacial score (nSPS) is 15.4. The molecule has 1 aromatic heterocycles. The topological polar surface area (TPSA) is 71.0 Å². The van der Waals surface area contributed by atoms with Gasteiger partial charge in [0, 0.05) is 39.4 Å². The number of nitrogens with zero attached hydrogens (tertiary/aromatic N) is 3. The van der Waals surface area contributed by atoms with E-state index in [1.807, 2.05) is 0 Å². The molecular formula is C15H24Cl2IN5O2. The monoisotopic (exact) mass is 503 g/mol. The van der Waals surface area contributed by atoms with Gasteiger partial charge in [-0.15, -0.1) is 24.0 Å². The van der Waals surface area contributed by atoms with Crippen molar-refractivity contribution in [3.63, 3.8) is 0 Å². The summed E-state index contributed by atoms with van der Waals surface area (Å²) < 4.78 is 10.8. The molecule has 7 nitrogen and oxygen atoms in total. The third-order valence-electron chi connectivity index (χ3n) is 3.46. The van der Waals surface area contributed by atoms with E-state index < -0.39 is 0 Å². The molecule has 1 saturated heterocycles. The average Bonchev–Trinajstić information content (AvgIpc) is 2.59. The number of ether oxygens (including phenoxy) is 2. The minimum absolute atomic E-state index is 0. The molecule has 1 aliphatic rings. The summed E-state index contributed by atoms with van der Waals surface area (Å²) in [4.78, 5) is 10.6. The highest BCUT2D eigenvalue weighted by molar-refractivity contribution is 14.0. The number of nitrogens with one attached hydrogen (secondary N) is 2. The Hall–Kier alpha value is -0.550. The van der Waals surface area contributed by atoms with Gasteiger partial charge in [0.1, 0.15) is 11.6 Å². The standard InChI is InChI=1S/C15H23Cl2N5O2.HI/c1-18-15(19-2-4-22-5-8-23-9-6-22)20-3-7-24-14-13(17)10-12(16)11-21-14;/h10-11H,2-9H2,1H3,(H2,18,19,20);1H. The Morgan fingerprint density at radius 1 is 1.32 bits per heavy atom. The summed E-state index contributed by atoms with van der Waals surface area (Å²) in [5.74, 6) is 1.11. The van der Waals surface area contributed by atoms with Crippen molar-refractivity contribution in [3.05, 3.63) is 22.3 Å². The molecule has 0 aromatic carbocycles. The lowest BCUT2D eigenvalue weighted by Crippen LogP contribution is -2.45. The fraction of sp³-hybridized carbons (Fsp3) is 0.600. The van der Waals surface area contributed by atoms with Crippen LogP contribution in [0.1, 0.15) is 0 Å². The summed E-state index contributed by atoms with van der Waals surface area (Å²) in [5, 5.41) is 7.34. The van der Waals surface area contributed by atoms with Crippen molar-refractivity contribution < 1.29 is 9.47 Å². The number of guanidine groups is 1. The van der Waals surface area contributed by atoms with E-state index in [4.69, 9.17) is 32.7 Å². The van der Waals surface area contributed by atoms with E-state index in [0.29, 0.717) is 29.1 Å². The van der Waals surface area contributed by atoms with Gasteiger partial charge in [-0.1, -0.05) is 23.2 Å². The molecule has 1 aromatic rings. The van der Waals surface area contributed by atoms with E-state index in [0.717, 1.165) is 45.4 Å². The van der Waals surface area contributed by atoms with Gasteiger partial charge in [-0.3, -0.25) is 9.89 Å². The number of pyridine rings is 1. The van der Waals surface area contributed by atoms with Gasteiger partial charge in [0.25, 0.3) is 0 Å². The lowest BCUT2D eigenvalue weighted by atomic mass is 10.4. The Morgan fingerprint density at radius 2 is 2.04 bits per heavy atom. The number of morpholine rings is 1. The number of aromatic nitrogens is 1. The van der Waals surface area contributed by atoms with Crippen LogP contribution in [-0.2, 0) is 4.74 Å². The molecule has 0 radical (unpaired) electrons. The minimum Gasteiger partial charge on any atom is -0.475 e. The molecular weight excluding hydrogens is 480 g/mol. The van der Waals surface area contributed by atoms with Crippen LogP contribution in [0.25, 0.3) is 0 Å². The van der Waals surface area contributed by atoms with Gasteiger partial charge in [-0.2, -0.15) is 0 Å². The zero-order valence-corrected chi connectivity index (χ0v) is 18.0. The first-order valence-corrected chi connectivity index (χ1v) is 8.63. The van der Waals surface area contributed by atoms with Gasteiger partial charge < -0.3 is 20.1 Å². The highest BCUT2D eigenvalue weighted by Crippen LogP contribution is 2.24. The second-order valence-electron chi connectivity index (χ2n) is 5.17. The molecule has 2 N–H and O–H groups in total. The van der Waals surface area contributed by atoms with Crippen LogP contribution in [0.4, 0.5) is 0 Å². The van der Waals surface area contributed by atoms with Crippen molar-refractivity contribution in [3.8, 4) is 5.88 Å². The number of halogens is 3. The van der Waals surface area contributed by atoms with Crippen LogP contribution < -0.4 is 15.4 Å². The smallest absolute Gasteiger partial charge is 0.232 e. The van der Waals surface area contributed by atoms with Crippen molar-refractivity contribution in [2.45, 2.75) is 0 Å². The summed E-state index contributed by atoms with van der Waals surface area (Å²) in [5.41, 5.74) is 0. The van der Waals surface area contributed by atoms with Gasteiger partial charge >= 0.3 is 0 Å². The number of rotatable bonds is 7. The van der Waals surface area contributed by atoms with E-state index in [2.05, 4.69) is 25.5 Å². The van der Waals surface area contributed by atoms with Gasteiger partial charge in [-0.25, -0.2) is 4.98 Å². The van der Waals surface area contributed by atoms with Crippen LogP contribution in [0.3, 0.4) is 0 Å². The van der Waals surface area contributed by atoms with Crippen molar-refractivity contribution in [2.75, 3.05) is 59.6 Å². The Balaban J connectivity index is 0.00000312. The van der Waals surface area contributed by atoms with Crippen LogP contribution in [0, 0.1) is 0 Å². The fourth-order valence-corrected chi connectivity index (χ4v) is 2.64. The van der Waals surface area contributed by atoms with Crippen LogP contribution in [-0.4, -0.2) is 75.4 Å². The Morgan fingerprint density at radius 3 is 2.72 bits per heavy atom.